The third kappa shape index (κ3) is 3.65. The van der Waals surface area contributed by atoms with Gasteiger partial charge in [0.2, 0.25) is 0 Å². The van der Waals surface area contributed by atoms with Crippen molar-refractivity contribution in [1.29, 1.82) is 0 Å². The number of methoxy groups -OCH3 is 1. The number of likely N-dealkylation sites (tertiary alicyclic amines) is 1. The summed E-state index contributed by atoms with van der Waals surface area (Å²) in [6, 6.07) is 5.65. The van der Waals surface area contributed by atoms with Gasteiger partial charge in [0.1, 0.15) is 5.75 Å². The molecule has 4 N–H and O–H groups in total. The maximum Gasteiger partial charge on any atom is 0.173 e. The highest BCUT2D eigenvalue weighted by atomic mass is 16.5. The maximum absolute atomic E-state index is 9.65. The SMILES string of the molecule is COc1cc(CN2CCC(C(C)O)C2)ccc1/C(N)=N/O. The summed E-state index contributed by atoms with van der Waals surface area (Å²) in [4.78, 5) is 2.31. The second-order valence-corrected chi connectivity index (χ2v) is 5.54. The molecule has 1 heterocycles. The minimum absolute atomic E-state index is 0.0359. The summed E-state index contributed by atoms with van der Waals surface area (Å²) in [6.07, 6.45) is 0.768. The number of oxime groups is 1. The molecule has 6 heteroatoms. The van der Waals surface area contributed by atoms with Crippen LogP contribution in [0.1, 0.15) is 24.5 Å². The van der Waals surface area contributed by atoms with Crippen molar-refractivity contribution in [3.63, 3.8) is 0 Å². The molecule has 21 heavy (non-hydrogen) atoms. The molecule has 116 valence electrons. The first-order valence-electron chi connectivity index (χ1n) is 7.10. The molecule has 1 saturated heterocycles. The van der Waals surface area contributed by atoms with Crippen molar-refractivity contribution < 1.29 is 15.1 Å². The number of nitrogens with zero attached hydrogens (tertiary/aromatic N) is 2. The van der Waals surface area contributed by atoms with E-state index in [9.17, 15) is 5.11 Å². The zero-order valence-corrected chi connectivity index (χ0v) is 12.5. The van der Waals surface area contributed by atoms with E-state index in [1.807, 2.05) is 19.1 Å². The van der Waals surface area contributed by atoms with Crippen molar-refractivity contribution in [3.8, 4) is 5.75 Å². The lowest BCUT2D eigenvalue weighted by atomic mass is 10.0. The summed E-state index contributed by atoms with van der Waals surface area (Å²) in [6.45, 7) is 4.54. The first kappa shape index (κ1) is 15.6. The fourth-order valence-corrected chi connectivity index (χ4v) is 2.76. The van der Waals surface area contributed by atoms with Gasteiger partial charge in [-0.15, -0.1) is 0 Å². The number of amidine groups is 1. The topological polar surface area (TPSA) is 91.3 Å². The molecule has 1 aliphatic rings. The van der Waals surface area contributed by atoms with Gasteiger partial charge in [-0.2, -0.15) is 0 Å². The summed E-state index contributed by atoms with van der Waals surface area (Å²) in [7, 11) is 1.56. The number of benzene rings is 1. The highest BCUT2D eigenvalue weighted by molar-refractivity contribution is 5.99. The van der Waals surface area contributed by atoms with Gasteiger partial charge >= 0.3 is 0 Å². The number of ether oxygens (including phenoxy) is 1. The van der Waals surface area contributed by atoms with Crippen LogP contribution in [0.5, 0.6) is 5.75 Å². The van der Waals surface area contributed by atoms with Crippen molar-refractivity contribution in [1.82, 2.24) is 4.90 Å². The Morgan fingerprint density at radius 2 is 2.33 bits per heavy atom. The first-order chi connectivity index (χ1) is 10.0. The summed E-state index contributed by atoms with van der Waals surface area (Å²) in [5, 5.41) is 21.4. The first-order valence-corrected chi connectivity index (χ1v) is 7.10. The lowest BCUT2D eigenvalue weighted by Gasteiger charge is -2.18. The molecule has 1 aromatic carbocycles. The Balaban J connectivity index is 2.08. The van der Waals surface area contributed by atoms with E-state index in [1.165, 1.54) is 0 Å². The zero-order valence-electron chi connectivity index (χ0n) is 12.5. The quantitative estimate of drug-likeness (QED) is 0.326. The van der Waals surface area contributed by atoms with E-state index in [0.29, 0.717) is 17.2 Å². The lowest BCUT2D eigenvalue weighted by Crippen LogP contribution is -2.24. The Labute approximate surface area is 124 Å². The van der Waals surface area contributed by atoms with Crippen LogP contribution in [0.25, 0.3) is 0 Å². The van der Waals surface area contributed by atoms with E-state index in [1.54, 1.807) is 13.2 Å². The van der Waals surface area contributed by atoms with Gasteiger partial charge in [0.05, 0.1) is 18.8 Å². The molecule has 2 rings (SSSR count). The molecule has 2 unspecified atom stereocenters. The molecular formula is C15H23N3O3. The van der Waals surface area contributed by atoms with Gasteiger partial charge in [0.15, 0.2) is 5.84 Å². The summed E-state index contributed by atoms with van der Waals surface area (Å²) < 4.78 is 5.30. The van der Waals surface area contributed by atoms with E-state index in [-0.39, 0.29) is 11.9 Å². The Morgan fingerprint density at radius 3 is 2.90 bits per heavy atom. The molecule has 0 radical (unpaired) electrons. The molecular weight excluding hydrogens is 270 g/mol. The van der Waals surface area contributed by atoms with Crippen molar-refractivity contribution in [3.05, 3.63) is 29.3 Å². The predicted molar refractivity (Wildman–Crippen MR) is 80.6 cm³/mol. The van der Waals surface area contributed by atoms with Crippen LogP contribution >= 0.6 is 0 Å². The van der Waals surface area contributed by atoms with Crippen molar-refractivity contribution in [2.75, 3.05) is 20.2 Å². The number of hydrogen-bond acceptors (Lipinski definition) is 5. The average Bonchev–Trinajstić information content (AvgIpc) is 2.95. The largest absolute Gasteiger partial charge is 0.496 e. The smallest absolute Gasteiger partial charge is 0.173 e. The lowest BCUT2D eigenvalue weighted by molar-refractivity contribution is 0.127. The van der Waals surface area contributed by atoms with E-state index in [2.05, 4.69) is 10.1 Å². The van der Waals surface area contributed by atoms with Crippen molar-refractivity contribution >= 4 is 5.84 Å². The molecule has 1 aliphatic heterocycles. The minimum Gasteiger partial charge on any atom is -0.496 e. The average molecular weight is 293 g/mol. The van der Waals surface area contributed by atoms with Crippen LogP contribution in [0, 0.1) is 5.92 Å². The van der Waals surface area contributed by atoms with Crippen LogP contribution in [-0.4, -0.2) is 47.4 Å². The van der Waals surface area contributed by atoms with Crippen LogP contribution in [0.4, 0.5) is 0 Å². The zero-order chi connectivity index (χ0) is 15.4. The van der Waals surface area contributed by atoms with Crippen LogP contribution in [0.3, 0.4) is 0 Å². The maximum atomic E-state index is 9.65. The predicted octanol–water partition coefficient (Wildman–Crippen LogP) is 0.992. The van der Waals surface area contributed by atoms with Crippen LogP contribution in [-0.2, 0) is 6.54 Å². The number of hydrogen-bond donors (Lipinski definition) is 3. The van der Waals surface area contributed by atoms with Gasteiger partial charge in [-0.1, -0.05) is 11.2 Å². The second-order valence-electron chi connectivity index (χ2n) is 5.54. The highest BCUT2D eigenvalue weighted by Crippen LogP contribution is 2.24. The number of aliphatic hydroxyl groups is 1. The van der Waals surface area contributed by atoms with Gasteiger partial charge in [0.25, 0.3) is 0 Å². The molecule has 0 spiro atoms. The third-order valence-corrected chi connectivity index (χ3v) is 4.05. The minimum atomic E-state index is -0.257. The third-order valence-electron chi connectivity index (χ3n) is 4.05. The van der Waals surface area contributed by atoms with Gasteiger partial charge in [0, 0.05) is 13.1 Å². The van der Waals surface area contributed by atoms with Crippen LogP contribution < -0.4 is 10.5 Å². The molecule has 0 aromatic heterocycles. The van der Waals surface area contributed by atoms with Crippen molar-refractivity contribution in [2.45, 2.75) is 26.0 Å². The highest BCUT2D eigenvalue weighted by Gasteiger charge is 2.25. The number of aliphatic hydroxyl groups excluding tert-OH is 1. The second kappa shape index (κ2) is 6.78. The Kier molecular flexibility index (Phi) is 5.03. The fourth-order valence-electron chi connectivity index (χ4n) is 2.76. The van der Waals surface area contributed by atoms with E-state index >= 15 is 0 Å². The van der Waals surface area contributed by atoms with Gasteiger partial charge in [-0.25, -0.2) is 0 Å². The summed E-state index contributed by atoms with van der Waals surface area (Å²) in [5.41, 5.74) is 7.30. The molecule has 2 atom stereocenters. The number of nitrogens with two attached hydrogens (primary N) is 1. The summed E-state index contributed by atoms with van der Waals surface area (Å²) >= 11 is 0. The normalized spacial score (nSPS) is 21.5. The van der Waals surface area contributed by atoms with Crippen LogP contribution in [0.2, 0.25) is 0 Å². The molecule has 1 aromatic rings. The number of rotatable bonds is 5. The molecule has 0 aliphatic carbocycles. The van der Waals surface area contributed by atoms with Crippen LogP contribution in [0.15, 0.2) is 23.4 Å². The summed E-state index contributed by atoms with van der Waals surface area (Å²) in [5.74, 6) is 0.978. The van der Waals surface area contributed by atoms with Gasteiger partial charge < -0.3 is 20.8 Å². The standard InChI is InChI=1S/C15H23N3O3/c1-10(19)12-5-6-18(9-12)8-11-3-4-13(15(16)17-20)14(7-11)21-2/h3-4,7,10,12,19-20H,5-6,8-9H2,1-2H3,(H2,16,17). The van der Waals surface area contributed by atoms with Gasteiger partial charge in [-0.05, 0) is 43.5 Å². The molecule has 0 amide bonds. The fraction of sp³-hybridized carbons (Fsp3) is 0.533. The Morgan fingerprint density at radius 1 is 1.57 bits per heavy atom. The molecule has 1 fully saturated rings. The van der Waals surface area contributed by atoms with E-state index in [0.717, 1.165) is 31.6 Å². The monoisotopic (exact) mass is 293 g/mol. The van der Waals surface area contributed by atoms with Crippen molar-refractivity contribution in [2.24, 2.45) is 16.8 Å². The van der Waals surface area contributed by atoms with Gasteiger partial charge in [-0.3, -0.25) is 4.90 Å². The molecule has 0 saturated carbocycles. The van der Waals surface area contributed by atoms with E-state index < -0.39 is 0 Å². The van der Waals surface area contributed by atoms with E-state index in [4.69, 9.17) is 15.7 Å². The Bertz CT molecular complexity index is 517. The molecule has 6 nitrogen and oxygen atoms in total. The Hall–Kier alpha value is -1.79. The molecule has 0 bridgehead atoms.